The Balaban J connectivity index is 2.16. The molecule has 0 aliphatic carbocycles. The molecule has 0 spiro atoms. The van der Waals surface area contributed by atoms with Crippen LogP contribution in [0.4, 0.5) is 0 Å². The van der Waals surface area contributed by atoms with Gasteiger partial charge in [-0.15, -0.1) is 0 Å². The average molecular weight is 1030 g/mol. The maximum absolute atomic E-state index is 13.9. The van der Waals surface area contributed by atoms with E-state index in [0.29, 0.717) is 55.8 Å². The van der Waals surface area contributed by atoms with Crippen molar-refractivity contribution in [1.29, 1.82) is 0 Å². The van der Waals surface area contributed by atoms with Gasteiger partial charge in [-0.1, -0.05) is 175 Å². The summed E-state index contributed by atoms with van der Waals surface area (Å²) < 4.78 is 19.4. The number of aryl methyl sites for hydroxylation is 1. The Hall–Kier alpha value is -4.71. The van der Waals surface area contributed by atoms with Crippen molar-refractivity contribution < 1.29 is 28.6 Å². The molecule has 4 rings (SSSR count). The van der Waals surface area contributed by atoms with Crippen molar-refractivity contribution in [3.63, 3.8) is 0 Å². The number of hydrogen-bond acceptors (Lipinski definition) is 6. The minimum atomic E-state index is -0.655. The van der Waals surface area contributed by atoms with E-state index < -0.39 is 10.8 Å². The van der Waals surface area contributed by atoms with Gasteiger partial charge < -0.3 is 14.2 Å². The number of esters is 3. The molecule has 0 aliphatic rings. The van der Waals surface area contributed by atoms with Crippen LogP contribution in [-0.2, 0) is 67.1 Å². The van der Waals surface area contributed by atoms with Crippen molar-refractivity contribution in [3.8, 4) is 17.2 Å². The Labute approximate surface area is 457 Å². The molecule has 0 N–H and O–H groups in total. The lowest BCUT2D eigenvalue weighted by Gasteiger charge is -2.32. The monoisotopic (exact) mass is 1030 g/mol. The molecule has 4 aromatic rings. The van der Waals surface area contributed by atoms with Crippen molar-refractivity contribution >= 4 is 17.9 Å². The number of carbonyl (C=O) groups excluding carboxylic acids is 3. The van der Waals surface area contributed by atoms with Gasteiger partial charge in [-0.25, -0.2) is 0 Å². The predicted molar refractivity (Wildman–Crippen MR) is 316 cm³/mol. The molecule has 414 valence electrons. The van der Waals surface area contributed by atoms with Gasteiger partial charge in [0.05, 0.1) is 17.3 Å². The number of ether oxygens (including phenoxy) is 3. The highest BCUT2D eigenvalue weighted by Crippen LogP contribution is 2.46. The second kappa shape index (κ2) is 22.0. The summed E-state index contributed by atoms with van der Waals surface area (Å²) in [5, 5.41) is 0. The molecule has 4 aromatic carbocycles. The molecule has 0 atom stereocenters. The van der Waals surface area contributed by atoms with Gasteiger partial charge in [0.25, 0.3) is 0 Å². The van der Waals surface area contributed by atoms with Gasteiger partial charge in [0.1, 0.15) is 17.2 Å². The van der Waals surface area contributed by atoms with Crippen LogP contribution in [0.2, 0.25) is 0 Å². The third-order valence-electron chi connectivity index (χ3n) is 15.1. The zero-order chi connectivity index (χ0) is 57.7. The second-order valence-corrected chi connectivity index (χ2v) is 30.1. The summed E-state index contributed by atoms with van der Waals surface area (Å²) in [5.41, 5.74) is 14.2. The Kier molecular flexibility index (Phi) is 18.4. The summed E-state index contributed by atoms with van der Waals surface area (Å²) in [6.45, 7) is 60.0. The average Bonchev–Trinajstić information content (AvgIpc) is 3.23. The SMILES string of the molecule is CCc1cc(Cc2c(C)c(Cc3cc(C(C)(C)C)c(OC(=O)CC(C)(C)C)c(C(C)(C)C)c3)c(C)c(Cc3cc(C(C)(C)C)c(OC(=O)C(C)(C)CC)c(C(C)(C)C)c3)c2C)cc(C(C)(C)C)c1OC(=O)C(C)(C)C. The van der Waals surface area contributed by atoms with E-state index in [9.17, 15) is 14.4 Å². The van der Waals surface area contributed by atoms with E-state index >= 15 is 0 Å². The lowest BCUT2D eigenvalue weighted by molar-refractivity contribution is -0.144. The molecule has 0 amide bonds. The molecule has 0 aromatic heterocycles. The topological polar surface area (TPSA) is 78.9 Å². The molecule has 0 fully saturated rings. The van der Waals surface area contributed by atoms with Crippen LogP contribution in [0.25, 0.3) is 0 Å². The van der Waals surface area contributed by atoms with Gasteiger partial charge in [0.15, 0.2) is 0 Å². The standard InChI is InChI=1S/C69H102O6/c1-29-47-31-44(35-51(63(9,10)11)57(47)74-60(71)68(24,25)26)32-48-41(3)49(33-45-36-52(64(12,13)14)58(53(37-45)65(15,16)17)73-56(70)40-62(6,7)8)43(5)50(42(48)4)34-46-38-54(66(18,19)20)59(55(39-46)67(21,22)23)75-61(72)69(27,28)30-2/h31,35-39H,29-30,32-34,40H2,1-28H3. The molecule has 6 nitrogen and oxygen atoms in total. The summed E-state index contributed by atoms with van der Waals surface area (Å²) >= 11 is 0. The van der Waals surface area contributed by atoms with Crippen LogP contribution >= 0.6 is 0 Å². The van der Waals surface area contributed by atoms with E-state index in [1.807, 2.05) is 41.5 Å². The Morgan fingerprint density at radius 1 is 0.400 bits per heavy atom. The third-order valence-corrected chi connectivity index (χ3v) is 15.1. The predicted octanol–water partition coefficient (Wildman–Crippen LogP) is 18.1. The smallest absolute Gasteiger partial charge is 0.316 e. The van der Waals surface area contributed by atoms with Crippen molar-refractivity contribution in [3.05, 3.63) is 120 Å². The van der Waals surface area contributed by atoms with E-state index in [1.54, 1.807) is 0 Å². The van der Waals surface area contributed by atoms with Crippen LogP contribution in [0.3, 0.4) is 0 Å². The molecule has 0 heterocycles. The largest absolute Gasteiger partial charge is 0.426 e. The Bertz CT molecular complexity index is 2710. The van der Waals surface area contributed by atoms with Gasteiger partial charge >= 0.3 is 17.9 Å². The first kappa shape index (κ1) is 62.8. The molecule has 75 heavy (non-hydrogen) atoms. The maximum atomic E-state index is 13.9. The van der Waals surface area contributed by atoms with Gasteiger partial charge in [0.2, 0.25) is 0 Å². The number of benzene rings is 4. The van der Waals surface area contributed by atoms with E-state index in [1.165, 1.54) is 50.1 Å². The highest BCUT2D eigenvalue weighted by molar-refractivity contribution is 5.80. The highest BCUT2D eigenvalue weighted by Gasteiger charge is 2.36. The van der Waals surface area contributed by atoms with Gasteiger partial charge in [-0.2, -0.15) is 0 Å². The lowest BCUT2D eigenvalue weighted by Crippen LogP contribution is -2.31. The van der Waals surface area contributed by atoms with Crippen LogP contribution in [0.5, 0.6) is 17.2 Å². The summed E-state index contributed by atoms with van der Waals surface area (Å²) in [7, 11) is 0. The fraction of sp³-hybridized carbons (Fsp3) is 0.609. The maximum Gasteiger partial charge on any atom is 0.316 e. The fourth-order valence-corrected chi connectivity index (χ4v) is 9.83. The first-order chi connectivity index (χ1) is 33.7. The van der Waals surface area contributed by atoms with Crippen LogP contribution in [0.1, 0.15) is 269 Å². The minimum absolute atomic E-state index is 0.213. The summed E-state index contributed by atoms with van der Waals surface area (Å²) in [6.07, 6.45) is 3.75. The molecule has 0 radical (unpaired) electrons. The van der Waals surface area contributed by atoms with Crippen molar-refractivity contribution in [2.24, 2.45) is 16.2 Å². The molecular formula is C69H102O6. The second-order valence-electron chi connectivity index (χ2n) is 30.1. The molecule has 0 bridgehead atoms. The zero-order valence-electron chi connectivity index (χ0n) is 52.7. The molecule has 0 saturated heterocycles. The van der Waals surface area contributed by atoms with E-state index in [4.69, 9.17) is 14.2 Å². The summed E-state index contributed by atoms with van der Waals surface area (Å²) in [6, 6.07) is 13.7. The third kappa shape index (κ3) is 15.3. The van der Waals surface area contributed by atoms with Gasteiger partial charge in [-0.05, 0) is 176 Å². The van der Waals surface area contributed by atoms with Crippen LogP contribution < -0.4 is 14.2 Å². The van der Waals surface area contributed by atoms with E-state index in [2.05, 4.69) is 189 Å². The minimum Gasteiger partial charge on any atom is -0.426 e. The molecule has 0 unspecified atom stereocenters. The first-order valence-electron chi connectivity index (χ1n) is 28.0. The van der Waals surface area contributed by atoms with E-state index in [0.717, 1.165) is 33.4 Å². The van der Waals surface area contributed by atoms with Crippen LogP contribution in [0.15, 0.2) is 36.4 Å². The highest BCUT2D eigenvalue weighted by atomic mass is 16.5. The lowest BCUT2D eigenvalue weighted by atomic mass is 9.76. The fourth-order valence-electron chi connectivity index (χ4n) is 9.83. The van der Waals surface area contributed by atoms with Gasteiger partial charge in [-0.3, -0.25) is 14.4 Å². The molecule has 0 saturated carbocycles. The van der Waals surface area contributed by atoms with Crippen molar-refractivity contribution in [1.82, 2.24) is 0 Å². The zero-order valence-corrected chi connectivity index (χ0v) is 52.7. The van der Waals surface area contributed by atoms with Crippen molar-refractivity contribution in [2.75, 3.05) is 0 Å². The Morgan fingerprint density at radius 2 is 0.693 bits per heavy atom. The molecular weight excluding hydrogens is 925 g/mol. The Morgan fingerprint density at radius 3 is 0.973 bits per heavy atom. The van der Waals surface area contributed by atoms with Crippen molar-refractivity contribution in [2.45, 2.75) is 259 Å². The summed E-state index contributed by atoms with van der Waals surface area (Å²) in [4.78, 5) is 41.1. The molecule has 6 heteroatoms. The molecule has 0 aliphatic heterocycles. The number of carbonyl (C=O) groups is 3. The number of rotatable bonds is 13. The summed E-state index contributed by atoms with van der Waals surface area (Å²) in [5.74, 6) is 1.37. The van der Waals surface area contributed by atoms with Crippen LogP contribution in [0, 0.1) is 37.0 Å². The quantitative estimate of drug-likeness (QED) is 0.0981. The normalized spacial score (nSPS) is 13.3. The number of hydrogen-bond donors (Lipinski definition) is 0. The first-order valence-corrected chi connectivity index (χ1v) is 28.0. The van der Waals surface area contributed by atoms with Crippen LogP contribution in [-0.4, -0.2) is 17.9 Å². The van der Waals surface area contributed by atoms with Gasteiger partial charge in [0, 0.05) is 27.8 Å². The van der Waals surface area contributed by atoms with E-state index in [-0.39, 0.29) is 50.4 Å².